The summed E-state index contributed by atoms with van der Waals surface area (Å²) in [5.74, 6) is -0.786. The van der Waals surface area contributed by atoms with Gasteiger partial charge in [0.2, 0.25) is 10.0 Å². The topological polar surface area (TPSA) is 60.2 Å². The van der Waals surface area contributed by atoms with Crippen molar-refractivity contribution in [2.75, 3.05) is 0 Å². The van der Waals surface area contributed by atoms with Crippen molar-refractivity contribution >= 4 is 21.6 Å². The zero-order valence-electron chi connectivity index (χ0n) is 6.71. The molecule has 0 saturated carbocycles. The predicted octanol–water partition coefficient (Wildman–Crippen LogP) is 1.43. The van der Waals surface area contributed by atoms with Crippen molar-refractivity contribution in [2.24, 2.45) is 5.14 Å². The molecule has 0 amide bonds. The second-order valence-corrected chi connectivity index (χ2v) is 4.51. The minimum atomic E-state index is -3.95. The average molecular weight is 224 g/mol. The molecule has 0 aromatic heterocycles. The van der Waals surface area contributed by atoms with E-state index in [2.05, 4.69) is 0 Å². The van der Waals surface area contributed by atoms with Crippen molar-refractivity contribution in [1.29, 1.82) is 0 Å². The standard InChI is InChI=1S/C7H7ClFNO2S/c1-4-2-5(9)7(8)6(3-4)13(10,11)12/h2-3H,1H3,(H2,10,11,12). The highest BCUT2D eigenvalue weighted by Gasteiger charge is 2.16. The van der Waals surface area contributed by atoms with Crippen LogP contribution in [0.15, 0.2) is 17.0 Å². The Morgan fingerprint density at radius 1 is 1.46 bits per heavy atom. The van der Waals surface area contributed by atoms with Crippen LogP contribution in [0.5, 0.6) is 0 Å². The third-order valence-electron chi connectivity index (χ3n) is 1.45. The van der Waals surface area contributed by atoms with Gasteiger partial charge >= 0.3 is 0 Å². The first-order valence-electron chi connectivity index (χ1n) is 3.31. The highest BCUT2D eigenvalue weighted by atomic mass is 35.5. The molecule has 0 heterocycles. The first kappa shape index (κ1) is 10.4. The molecule has 0 spiro atoms. The second-order valence-electron chi connectivity index (χ2n) is 2.60. The van der Waals surface area contributed by atoms with Gasteiger partial charge < -0.3 is 0 Å². The number of hydrogen-bond acceptors (Lipinski definition) is 2. The molecule has 13 heavy (non-hydrogen) atoms. The van der Waals surface area contributed by atoms with E-state index in [0.29, 0.717) is 5.56 Å². The Morgan fingerprint density at radius 3 is 2.46 bits per heavy atom. The predicted molar refractivity (Wildman–Crippen MR) is 47.5 cm³/mol. The molecule has 2 N–H and O–H groups in total. The number of aryl methyl sites for hydroxylation is 1. The fourth-order valence-electron chi connectivity index (χ4n) is 0.900. The number of sulfonamides is 1. The molecular formula is C7H7ClFNO2S. The van der Waals surface area contributed by atoms with Gasteiger partial charge in [-0.3, -0.25) is 0 Å². The highest BCUT2D eigenvalue weighted by molar-refractivity contribution is 7.89. The number of benzene rings is 1. The van der Waals surface area contributed by atoms with Crippen molar-refractivity contribution in [2.45, 2.75) is 11.8 Å². The summed E-state index contributed by atoms with van der Waals surface area (Å²) >= 11 is 5.42. The summed E-state index contributed by atoms with van der Waals surface area (Å²) in [6.07, 6.45) is 0. The van der Waals surface area contributed by atoms with E-state index in [1.165, 1.54) is 6.07 Å². The molecule has 0 atom stereocenters. The Hall–Kier alpha value is -0.650. The van der Waals surface area contributed by atoms with E-state index in [1.807, 2.05) is 0 Å². The lowest BCUT2D eigenvalue weighted by Crippen LogP contribution is -2.13. The van der Waals surface area contributed by atoms with Crippen LogP contribution >= 0.6 is 11.6 Å². The van der Waals surface area contributed by atoms with Crippen molar-refractivity contribution in [3.63, 3.8) is 0 Å². The van der Waals surface area contributed by atoms with E-state index >= 15 is 0 Å². The molecule has 0 aliphatic carbocycles. The van der Waals surface area contributed by atoms with E-state index in [0.717, 1.165) is 6.07 Å². The molecule has 0 aliphatic rings. The summed E-state index contributed by atoms with van der Waals surface area (Å²) in [6, 6.07) is 2.36. The zero-order chi connectivity index (χ0) is 10.2. The van der Waals surface area contributed by atoms with Gasteiger partial charge in [-0.15, -0.1) is 0 Å². The summed E-state index contributed by atoms with van der Waals surface area (Å²) < 4.78 is 34.7. The van der Waals surface area contributed by atoms with Gasteiger partial charge in [-0.05, 0) is 24.6 Å². The van der Waals surface area contributed by atoms with Crippen LogP contribution in [0.25, 0.3) is 0 Å². The Labute approximate surface area is 80.4 Å². The number of halogens is 2. The van der Waals surface area contributed by atoms with Gasteiger partial charge in [-0.1, -0.05) is 11.6 Å². The molecule has 1 aromatic rings. The maximum Gasteiger partial charge on any atom is 0.239 e. The van der Waals surface area contributed by atoms with E-state index in [4.69, 9.17) is 16.7 Å². The lowest BCUT2D eigenvalue weighted by Gasteiger charge is -2.03. The minimum absolute atomic E-state index is 0.383. The smallest absolute Gasteiger partial charge is 0.225 e. The number of rotatable bonds is 1. The Bertz CT molecular complexity index is 444. The van der Waals surface area contributed by atoms with Crippen molar-refractivity contribution in [3.8, 4) is 0 Å². The summed E-state index contributed by atoms with van der Waals surface area (Å²) in [6.45, 7) is 1.55. The Morgan fingerprint density at radius 2 is 2.00 bits per heavy atom. The Balaban J connectivity index is 3.56. The highest BCUT2D eigenvalue weighted by Crippen LogP contribution is 2.24. The summed E-state index contributed by atoms with van der Waals surface area (Å²) in [4.78, 5) is -0.383. The summed E-state index contributed by atoms with van der Waals surface area (Å²) in [7, 11) is -3.95. The van der Waals surface area contributed by atoms with Gasteiger partial charge in [-0.25, -0.2) is 17.9 Å². The van der Waals surface area contributed by atoms with Crippen LogP contribution in [0.2, 0.25) is 5.02 Å². The SMILES string of the molecule is Cc1cc(F)c(Cl)c(S(N)(=O)=O)c1. The first-order valence-corrected chi connectivity index (χ1v) is 5.23. The zero-order valence-corrected chi connectivity index (χ0v) is 8.29. The largest absolute Gasteiger partial charge is 0.239 e. The van der Waals surface area contributed by atoms with Crippen LogP contribution in [-0.2, 0) is 10.0 Å². The maximum atomic E-state index is 12.9. The summed E-state index contributed by atoms with van der Waals surface area (Å²) in [5, 5.41) is 4.35. The monoisotopic (exact) mass is 223 g/mol. The lowest BCUT2D eigenvalue weighted by molar-refractivity contribution is 0.592. The van der Waals surface area contributed by atoms with E-state index in [-0.39, 0.29) is 4.90 Å². The van der Waals surface area contributed by atoms with Gasteiger partial charge in [0.1, 0.15) is 10.7 Å². The van der Waals surface area contributed by atoms with Gasteiger partial charge in [-0.2, -0.15) is 0 Å². The molecule has 1 aromatic carbocycles. The quantitative estimate of drug-likeness (QED) is 0.783. The average Bonchev–Trinajstić information content (AvgIpc) is 1.94. The molecule has 0 unspecified atom stereocenters. The molecular weight excluding hydrogens is 217 g/mol. The Kier molecular flexibility index (Phi) is 2.61. The van der Waals surface area contributed by atoms with Crippen LogP contribution in [0.3, 0.4) is 0 Å². The molecule has 0 fully saturated rings. The second kappa shape index (κ2) is 3.25. The maximum absolute atomic E-state index is 12.9. The van der Waals surface area contributed by atoms with Crippen molar-refractivity contribution in [3.05, 3.63) is 28.5 Å². The molecule has 0 aliphatic heterocycles. The van der Waals surface area contributed by atoms with Crippen LogP contribution < -0.4 is 5.14 Å². The molecule has 3 nitrogen and oxygen atoms in total. The van der Waals surface area contributed by atoms with Crippen LogP contribution in [-0.4, -0.2) is 8.42 Å². The van der Waals surface area contributed by atoms with Gasteiger partial charge in [0.25, 0.3) is 0 Å². The van der Waals surface area contributed by atoms with Crippen molar-refractivity contribution < 1.29 is 12.8 Å². The number of primary sulfonamides is 1. The molecule has 0 saturated heterocycles. The van der Waals surface area contributed by atoms with Crippen LogP contribution in [0.1, 0.15) is 5.56 Å². The van der Waals surface area contributed by atoms with Crippen LogP contribution in [0.4, 0.5) is 4.39 Å². The first-order chi connectivity index (χ1) is 5.82. The van der Waals surface area contributed by atoms with E-state index in [9.17, 15) is 12.8 Å². The fourth-order valence-corrected chi connectivity index (χ4v) is 2.03. The molecule has 6 heteroatoms. The normalized spacial score (nSPS) is 11.7. The van der Waals surface area contributed by atoms with E-state index in [1.54, 1.807) is 6.92 Å². The third-order valence-corrected chi connectivity index (χ3v) is 2.88. The molecule has 72 valence electrons. The van der Waals surface area contributed by atoms with E-state index < -0.39 is 20.9 Å². The third kappa shape index (κ3) is 2.18. The molecule has 0 radical (unpaired) electrons. The number of hydrogen-bond donors (Lipinski definition) is 1. The minimum Gasteiger partial charge on any atom is -0.225 e. The lowest BCUT2D eigenvalue weighted by atomic mass is 10.2. The number of nitrogens with two attached hydrogens (primary N) is 1. The van der Waals surface area contributed by atoms with Gasteiger partial charge in [0.05, 0.1) is 5.02 Å². The van der Waals surface area contributed by atoms with Gasteiger partial charge in [0.15, 0.2) is 0 Å². The molecule has 1 rings (SSSR count). The molecule has 0 bridgehead atoms. The fraction of sp³-hybridized carbons (Fsp3) is 0.143. The van der Waals surface area contributed by atoms with Crippen LogP contribution in [0, 0.1) is 12.7 Å². The summed E-state index contributed by atoms with van der Waals surface area (Å²) in [5.41, 5.74) is 0.450. The van der Waals surface area contributed by atoms with Crippen molar-refractivity contribution in [1.82, 2.24) is 0 Å². The van der Waals surface area contributed by atoms with Gasteiger partial charge in [0, 0.05) is 0 Å².